The zero-order valence-corrected chi connectivity index (χ0v) is 30.8. The molecular formula is C50H48N2. The van der Waals surface area contributed by atoms with Gasteiger partial charge in [0.25, 0.3) is 0 Å². The first-order chi connectivity index (χ1) is 25.4. The lowest BCUT2D eigenvalue weighted by atomic mass is 9.95. The highest BCUT2D eigenvalue weighted by atomic mass is 15.2. The maximum Gasteiger partial charge on any atom is 0.0562 e. The van der Waals surface area contributed by atoms with Crippen LogP contribution < -0.4 is 9.80 Å². The standard InChI is InChI=1S/C50H48N2/c1-37-9-5-13-47(33-37)51(48-14-6-10-38(2)34-48)45-29-25-43(26-30-45)23-21-41-17-19-42(20-18-41)22-24-44-27-31-46(32-28-44)52(49-15-7-11-39(3)35-49)50-16-8-12-40(4)36-50/h5-19,21-35,42,50H,20,36H2,1-4H3. The Hall–Kier alpha value is -5.86. The highest BCUT2D eigenvalue weighted by Crippen LogP contribution is 2.36. The van der Waals surface area contributed by atoms with Crippen molar-refractivity contribution in [1.82, 2.24) is 0 Å². The maximum absolute atomic E-state index is 2.47. The Morgan fingerprint density at radius 3 is 1.71 bits per heavy atom. The van der Waals surface area contributed by atoms with Gasteiger partial charge in [-0.3, -0.25) is 0 Å². The minimum atomic E-state index is 0.299. The van der Waals surface area contributed by atoms with Crippen molar-refractivity contribution in [3.63, 3.8) is 0 Å². The molecule has 0 bridgehead atoms. The summed E-state index contributed by atoms with van der Waals surface area (Å²) in [6, 6.07) is 44.4. The summed E-state index contributed by atoms with van der Waals surface area (Å²) in [5, 5.41) is 0. The van der Waals surface area contributed by atoms with Gasteiger partial charge in [-0.2, -0.15) is 0 Å². The molecule has 2 unspecified atom stereocenters. The fraction of sp³-hybridized carbons (Fsp3) is 0.160. The molecule has 0 spiro atoms. The number of nitrogens with zero attached hydrogens (tertiary/aromatic N) is 2. The fourth-order valence-electron chi connectivity index (χ4n) is 7.11. The minimum Gasteiger partial charge on any atom is -0.334 e. The van der Waals surface area contributed by atoms with Crippen molar-refractivity contribution in [2.75, 3.05) is 9.80 Å². The molecular weight excluding hydrogens is 629 g/mol. The van der Waals surface area contributed by atoms with Crippen molar-refractivity contribution in [2.45, 2.75) is 46.6 Å². The van der Waals surface area contributed by atoms with Gasteiger partial charge in [-0.1, -0.05) is 127 Å². The molecule has 2 aliphatic carbocycles. The summed E-state index contributed by atoms with van der Waals surface area (Å²) >= 11 is 0. The average molecular weight is 677 g/mol. The Balaban J connectivity index is 0.988. The predicted molar refractivity (Wildman–Crippen MR) is 225 cm³/mol. The topological polar surface area (TPSA) is 6.48 Å². The van der Waals surface area contributed by atoms with E-state index >= 15 is 0 Å². The molecule has 5 aromatic carbocycles. The van der Waals surface area contributed by atoms with E-state index < -0.39 is 0 Å². The lowest BCUT2D eigenvalue weighted by Crippen LogP contribution is -2.30. The van der Waals surface area contributed by atoms with Crippen LogP contribution in [0.4, 0.5) is 28.4 Å². The minimum absolute atomic E-state index is 0.299. The van der Waals surface area contributed by atoms with Gasteiger partial charge in [0, 0.05) is 28.4 Å². The molecule has 0 aliphatic heterocycles. The van der Waals surface area contributed by atoms with Crippen LogP contribution in [0.2, 0.25) is 0 Å². The van der Waals surface area contributed by atoms with Crippen LogP contribution in [0.1, 0.15) is 47.6 Å². The molecule has 2 nitrogen and oxygen atoms in total. The number of rotatable bonds is 10. The third-order valence-electron chi connectivity index (χ3n) is 9.86. The third-order valence-corrected chi connectivity index (χ3v) is 9.86. The number of anilines is 5. The second-order valence-corrected chi connectivity index (χ2v) is 14.2. The molecule has 2 heteroatoms. The first kappa shape index (κ1) is 34.6. The van der Waals surface area contributed by atoms with E-state index in [9.17, 15) is 0 Å². The molecule has 0 heterocycles. The molecule has 0 aromatic heterocycles. The Kier molecular flexibility index (Phi) is 10.6. The van der Waals surface area contributed by atoms with Crippen molar-refractivity contribution < 1.29 is 0 Å². The van der Waals surface area contributed by atoms with Crippen LogP contribution in [0.3, 0.4) is 0 Å². The second kappa shape index (κ2) is 16.0. The number of hydrogen-bond donors (Lipinski definition) is 0. The molecule has 2 atom stereocenters. The average Bonchev–Trinajstić information content (AvgIpc) is 3.15. The monoisotopic (exact) mass is 676 g/mol. The first-order valence-corrected chi connectivity index (χ1v) is 18.5. The summed E-state index contributed by atoms with van der Waals surface area (Å²) < 4.78 is 0. The molecule has 0 saturated carbocycles. The van der Waals surface area contributed by atoms with E-state index in [0.717, 1.165) is 29.9 Å². The van der Waals surface area contributed by atoms with E-state index in [1.165, 1.54) is 50.3 Å². The lowest BCUT2D eigenvalue weighted by molar-refractivity contribution is 0.757. The van der Waals surface area contributed by atoms with E-state index in [2.05, 4.69) is 220 Å². The van der Waals surface area contributed by atoms with Crippen LogP contribution in [0.15, 0.2) is 181 Å². The number of hydrogen-bond acceptors (Lipinski definition) is 2. The van der Waals surface area contributed by atoms with Crippen molar-refractivity contribution in [3.8, 4) is 0 Å². The maximum atomic E-state index is 2.47. The number of allylic oxidation sites excluding steroid dienone is 8. The van der Waals surface area contributed by atoms with Crippen molar-refractivity contribution in [3.05, 3.63) is 209 Å². The summed E-state index contributed by atoms with van der Waals surface area (Å²) in [6.07, 6.45) is 24.7. The van der Waals surface area contributed by atoms with Gasteiger partial charge in [0.2, 0.25) is 0 Å². The predicted octanol–water partition coefficient (Wildman–Crippen LogP) is 13.7. The summed E-state index contributed by atoms with van der Waals surface area (Å²) in [4.78, 5) is 4.80. The van der Waals surface area contributed by atoms with Crippen molar-refractivity contribution in [1.29, 1.82) is 0 Å². The van der Waals surface area contributed by atoms with Crippen LogP contribution in [-0.2, 0) is 0 Å². The third kappa shape index (κ3) is 8.53. The quantitative estimate of drug-likeness (QED) is 0.145. The molecule has 0 saturated heterocycles. The summed E-state index contributed by atoms with van der Waals surface area (Å²) in [5.41, 5.74) is 14.8. The van der Waals surface area contributed by atoms with Crippen LogP contribution in [0.5, 0.6) is 0 Å². The van der Waals surface area contributed by atoms with Gasteiger partial charge >= 0.3 is 0 Å². The van der Waals surface area contributed by atoms with Crippen LogP contribution in [-0.4, -0.2) is 6.04 Å². The van der Waals surface area contributed by atoms with Crippen LogP contribution in [0.25, 0.3) is 12.2 Å². The molecule has 0 amide bonds. The zero-order chi connectivity index (χ0) is 35.9. The zero-order valence-electron chi connectivity index (χ0n) is 30.8. The summed E-state index contributed by atoms with van der Waals surface area (Å²) in [6.45, 7) is 8.68. The van der Waals surface area contributed by atoms with Crippen molar-refractivity contribution >= 4 is 40.6 Å². The van der Waals surface area contributed by atoms with Crippen LogP contribution in [0, 0.1) is 26.7 Å². The molecule has 258 valence electrons. The molecule has 0 fully saturated rings. The van der Waals surface area contributed by atoms with Gasteiger partial charge in [-0.25, -0.2) is 0 Å². The smallest absolute Gasteiger partial charge is 0.0562 e. The van der Waals surface area contributed by atoms with Crippen molar-refractivity contribution in [2.24, 2.45) is 5.92 Å². The highest BCUT2D eigenvalue weighted by Gasteiger charge is 2.21. The summed E-state index contributed by atoms with van der Waals surface area (Å²) in [5.74, 6) is 0.385. The van der Waals surface area contributed by atoms with E-state index in [1.807, 2.05) is 0 Å². The van der Waals surface area contributed by atoms with Gasteiger partial charge in [-0.15, -0.1) is 0 Å². The van der Waals surface area contributed by atoms with Gasteiger partial charge in [0.05, 0.1) is 6.04 Å². The largest absolute Gasteiger partial charge is 0.334 e. The molecule has 5 aromatic rings. The molecule has 52 heavy (non-hydrogen) atoms. The Labute approximate surface area is 310 Å². The van der Waals surface area contributed by atoms with E-state index in [4.69, 9.17) is 0 Å². The first-order valence-electron chi connectivity index (χ1n) is 18.5. The van der Waals surface area contributed by atoms with Gasteiger partial charge in [0.1, 0.15) is 0 Å². The normalized spacial score (nSPS) is 17.0. The Morgan fingerprint density at radius 2 is 1.13 bits per heavy atom. The van der Waals surface area contributed by atoms with E-state index in [-0.39, 0.29) is 0 Å². The SMILES string of the molecule is CC1=CC=CC(N(c2ccc(C=CC3C=CC(C=Cc4ccc(N(c5cccc(C)c5)c5cccc(C)c5)cc4)=CC3)cc2)c2cccc(C)c2)C1. The summed E-state index contributed by atoms with van der Waals surface area (Å²) in [7, 11) is 0. The van der Waals surface area contributed by atoms with Gasteiger partial charge in [0.15, 0.2) is 0 Å². The van der Waals surface area contributed by atoms with Gasteiger partial charge in [-0.05, 0) is 141 Å². The molecule has 0 radical (unpaired) electrons. The number of aryl methyl sites for hydroxylation is 3. The van der Waals surface area contributed by atoms with Crippen LogP contribution >= 0.6 is 0 Å². The molecule has 0 N–H and O–H groups in total. The fourth-order valence-corrected chi connectivity index (χ4v) is 7.11. The van der Waals surface area contributed by atoms with E-state index in [1.54, 1.807) is 0 Å². The molecule has 2 aliphatic rings. The second-order valence-electron chi connectivity index (χ2n) is 14.2. The van der Waals surface area contributed by atoms with Gasteiger partial charge < -0.3 is 9.80 Å². The lowest BCUT2D eigenvalue weighted by Gasteiger charge is -2.34. The number of benzene rings is 5. The Morgan fingerprint density at radius 1 is 0.558 bits per heavy atom. The highest BCUT2D eigenvalue weighted by molar-refractivity contribution is 5.78. The van der Waals surface area contributed by atoms with E-state index in [0.29, 0.717) is 12.0 Å². The Bertz CT molecular complexity index is 2140. The molecule has 7 rings (SSSR count).